The third-order valence-corrected chi connectivity index (χ3v) is 7.57. The number of ether oxygens (including phenoxy) is 1. The van der Waals surface area contributed by atoms with E-state index in [1.165, 1.54) is 22.5 Å². The number of piperazine rings is 1. The number of amides is 1. The standard InChI is InChI=1S/C23H23N3O6S/c1-17-14-20(7-9-22(17)26(28)29)32-16-23(27)24-10-12-25(13-11-24)33(30,31)21-8-6-18-4-2-3-5-19(18)15-21/h2-9,14-15H,10-13,16H2,1H3. The molecule has 0 radical (unpaired) electrons. The van der Waals surface area contributed by atoms with E-state index < -0.39 is 14.9 Å². The molecule has 10 heteroatoms. The van der Waals surface area contributed by atoms with Crippen molar-refractivity contribution in [1.82, 2.24) is 9.21 Å². The summed E-state index contributed by atoms with van der Waals surface area (Å²) in [6.45, 7) is 2.27. The van der Waals surface area contributed by atoms with Crippen molar-refractivity contribution in [2.45, 2.75) is 11.8 Å². The van der Waals surface area contributed by atoms with Gasteiger partial charge in [0.1, 0.15) is 5.75 Å². The fourth-order valence-electron chi connectivity index (χ4n) is 3.81. The Labute approximate surface area is 191 Å². The number of nitro benzene ring substituents is 1. The number of fused-ring (bicyclic) bond motifs is 1. The molecule has 0 bridgehead atoms. The van der Waals surface area contributed by atoms with E-state index in [-0.39, 0.29) is 49.3 Å². The Balaban J connectivity index is 1.35. The molecule has 1 fully saturated rings. The van der Waals surface area contributed by atoms with Gasteiger partial charge in [0.05, 0.1) is 9.82 Å². The van der Waals surface area contributed by atoms with Gasteiger partial charge in [0.2, 0.25) is 10.0 Å². The minimum atomic E-state index is -3.66. The highest BCUT2D eigenvalue weighted by Gasteiger charge is 2.30. The number of aryl methyl sites for hydroxylation is 1. The lowest BCUT2D eigenvalue weighted by atomic mass is 10.1. The summed E-state index contributed by atoms with van der Waals surface area (Å²) in [6, 6.07) is 16.9. The molecule has 33 heavy (non-hydrogen) atoms. The zero-order valence-corrected chi connectivity index (χ0v) is 18.8. The molecule has 1 saturated heterocycles. The summed E-state index contributed by atoms with van der Waals surface area (Å²) < 4.78 is 33.0. The van der Waals surface area contributed by atoms with Gasteiger partial charge in [-0.1, -0.05) is 30.3 Å². The van der Waals surface area contributed by atoms with E-state index in [4.69, 9.17) is 4.74 Å². The van der Waals surface area contributed by atoms with Gasteiger partial charge in [0, 0.05) is 37.8 Å². The van der Waals surface area contributed by atoms with Gasteiger partial charge in [-0.2, -0.15) is 4.31 Å². The number of hydrogen-bond acceptors (Lipinski definition) is 6. The Morgan fingerprint density at radius 1 is 1.00 bits per heavy atom. The number of sulfonamides is 1. The number of nitro groups is 1. The molecule has 3 aromatic carbocycles. The molecule has 4 rings (SSSR count). The summed E-state index contributed by atoms with van der Waals surface area (Å²) >= 11 is 0. The maximum atomic E-state index is 13.1. The van der Waals surface area contributed by atoms with Crippen LogP contribution in [0.25, 0.3) is 10.8 Å². The maximum Gasteiger partial charge on any atom is 0.272 e. The molecule has 9 nitrogen and oxygen atoms in total. The van der Waals surface area contributed by atoms with Crippen molar-refractivity contribution in [2.75, 3.05) is 32.8 Å². The fraction of sp³-hybridized carbons (Fsp3) is 0.261. The molecule has 0 unspecified atom stereocenters. The Kier molecular flexibility index (Phi) is 6.30. The van der Waals surface area contributed by atoms with Crippen LogP contribution >= 0.6 is 0 Å². The number of rotatable bonds is 6. The Morgan fingerprint density at radius 3 is 2.36 bits per heavy atom. The SMILES string of the molecule is Cc1cc(OCC(=O)N2CCN(S(=O)(=O)c3ccc4ccccc4c3)CC2)ccc1[N+](=O)[O-]. The third-order valence-electron chi connectivity index (χ3n) is 5.68. The van der Waals surface area contributed by atoms with Gasteiger partial charge in [-0.25, -0.2) is 8.42 Å². The maximum absolute atomic E-state index is 13.1. The Bertz CT molecular complexity index is 1320. The monoisotopic (exact) mass is 469 g/mol. The van der Waals surface area contributed by atoms with E-state index in [9.17, 15) is 23.3 Å². The highest BCUT2D eigenvalue weighted by atomic mass is 32.2. The highest BCUT2D eigenvalue weighted by Crippen LogP contribution is 2.24. The van der Waals surface area contributed by atoms with Crippen molar-refractivity contribution < 1.29 is 22.9 Å². The molecular formula is C23H23N3O6S. The van der Waals surface area contributed by atoms with Crippen molar-refractivity contribution >= 4 is 32.4 Å². The third kappa shape index (κ3) is 4.81. The van der Waals surface area contributed by atoms with Crippen LogP contribution in [-0.4, -0.2) is 61.2 Å². The summed E-state index contributed by atoms with van der Waals surface area (Å²) in [6.07, 6.45) is 0. The number of nitrogens with zero attached hydrogens (tertiary/aromatic N) is 3. The lowest BCUT2D eigenvalue weighted by Gasteiger charge is -2.34. The molecule has 0 N–H and O–H groups in total. The van der Waals surface area contributed by atoms with Gasteiger partial charge < -0.3 is 9.64 Å². The largest absolute Gasteiger partial charge is 0.484 e. The Hall–Kier alpha value is -3.50. The molecule has 3 aromatic rings. The van der Waals surface area contributed by atoms with E-state index >= 15 is 0 Å². The average Bonchev–Trinajstić information content (AvgIpc) is 2.82. The first-order chi connectivity index (χ1) is 15.8. The second-order valence-electron chi connectivity index (χ2n) is 7.79. The smallest absolute Gasteiger partial charge is 0.272 e. The molecule has 0 aliphatic carbocycles. The predicted octanol–water partition coefficient (Wildman–Crippen LogP) is 2.97. The van der Waals surface area contributed by atoms with Gasteiger partial charge in [-0.05, 0) is 42.0 Å². The van der Waals surface area contributed by atoms with Crippen LogP contribution in [0.4, 0.5) is 5.69 Å². The summed E-state index contributed by atoms with van der Waals surface area (Å²) in [5, 5.41) is 12.7. The second-order valence-corrected chi connectivity index (χ2v) is 9.73. The van der Waals surface area contributed by atoms with Crippen LogP contribution in [0.5, 0.6) is 5.75 Å². The zero-order valence-electron chi connectivity index (χ0n) is 18.0. The van der Waals surface area contributed by atoms with Crippen LogP contribution < -0.4 is 4.74 Å². The summed E-state index contributed by atoms with van der Waals surface area (Å²) in [5.74, 6) is 0.0951. The molecule has 0 atom stereocenters. The minimum absolute atomic E-state index is 0.0163. The molecule has 0 saturated carbocycles. The van der Waals surface area contributed by atoms with Gasteiger partial charge in [-0.3, -0.25) is 14.9 Å². The quantitative estimate of drug-likeness (QED) is 0.406. The number of benzene rings is 3. The van der Waals surface area contributed by atoms with Gasteiger partial charge in [0.15, 0.2) is 6.61 Å². The van der Waals surface area contributed by atoms with E-state index in [2.05, 4.69) is 0 Å². The minimum Gasteiger partial charge on any atom is -0.484 e. The first kappa shape index (κ1) is 22.7. The zero-order chi connectivity index (χ0) is 23.6. The lowest BCUT2D eigenvalue weighted by molar-refractivity contribution is -0.385. The molecule has 0 aromatic heterocycles. The van der Waals surface area contributed by atoms with E-state index in [0.717, 1.165) is 10.8 Å². The number of hydrogen-bond donors (Lipinski definition) is 0. The van der Waals surface area contributed by atoms with Crippen molar-refractivity contribution in [1.29, 1.82) is 0 Å². The fourth-order valence-corrected chi connectivity index (χ4v) is 5.27. The molecule has 1 aliphatic heterocycles. The second kappa shape index (κ2) is 9.16. The van der Waals surface area contributed by atoms with Crippen molar-refractivity contribution in [3.05, 3.63) is 76.3 Å². The Morgan fingerprint density at radius 2 is 1.70 bits per heavy atom. The molecule has 1 aliphatic rings. The molecule has 172 valence electrons. The van der Waals surface area contributed by atoms with E-state index in [1.807, 2.05) is 24.3 Å². The lowest BCUT2D eigenvalue weighted by Crippen LogP contribution is -2.51. The van der Waals surface area contributed by atoms with Crippen molar-refractivity contribution in [2.24, 2.45) is 0 Å². The van der Waals surface area contributed by atoms with Crippen molar-refractivity contribution in [3.8, 4) is 5.75 Å². The van der Waals surface area contributed by atoms with Crippen LogP contribution in [-0.2, 0) is 14.8 Å². The molecule has 1 heterocycles. The summed E-state index contributed by atoms with van der Waals surface area (Å²) in [5.41, 5.74) is 0.426. The van der Waals surface area contributed by atoms with E-state index in [0.29, 0.717) is 11.3 Å². The van der Waals surface area contributed by atoms with Crippen molar-refractivity contribution in [3.63, 3.8) is 0 Å². The average molecular weight is 470 g/mol. The van der Waals surface area contributed by atoms with Gasteiger partial charge in [0.25, 0.3) is 11.6 Å². The van der Waals surface area contributed by atoms with Crippen LogP contribution in [0.1, 0.15) is 5.56 Å². The normalized spacial score (nSPS) is 14.9. The van der Waals surface area contributed by atoms with Crippen LogP contribution in [0, 0.1) is 17.0 Å². The topological polar surface area (TPSA) is 110 Å². The van der Waals surface area contributed by atoms with Crippen LogP contribution in [0.15, 0.2) is 65.6 Å². The first-order valence-corrected chi connectivity index (χ1v) is 11.8. The van der Waals surface area contributed by atoms with Crippen LogP contribution in [0.3, 0.4) is 0 Å². The summed E-state index contributed by atoms with van der Waals surface area (Å²) in [4.78, 5) is 24.8. The predicted molar refractivity (Wildman–Crippen MR) is 123 cm³/mol. The number of carbonyl (C=O) groups is 1. The van der Waals surface area contributed by atoms with E-state index in [1.54, 1.807) is 30.0 Å². The highest BCUT2D eigenvalue weighted by molar-refractivity contribution is 7.89. The molecular weight excluding hydrogens is 446 g/mol. The van der Waals surface area contributed by atoms with Gasteiger partial charge >= 0.3 is 0 Å². The first-order valence-electron chi connectivity index (χ1n) is 10.4. The van der Waals surface area contributed by atoms with Crippen LogP contribution in [0.2, 0.25) is 0 Å². The molecule has 1 amide bonds. The molecule has 0 spiro atoms. The summed E-state index contributed by atoms with van der Waals surface area (Å²) in [7, 11) is -3.66. The van der Waals surface area contributed by atoms with Gasteiger partial charge in [-0.15, -0.1) is 0 Å². The number of carbonyl (C=O) groups excluding carboxylic acids is 1.